The van der Waals surface area contributed by atoms with Gasteiger partial charge in [0, 0.05) is 45.5 Å². The maximum atomic E-state index is 12.1. The number of carbonyl (C=O) groups is 2. The smallest absolute Gasteiger partial charge is 0.251 e. The zero-order chi connectivity index (χ0) is 16.8. The van der Waals surface area contributed by atoms with Crippen molar-refractivity contribution in [2.45, 2.75) is 38.9 Å². The van der Waals surface area contributed by atoms with E-state index in [0.29, 0.717) is 30.0 Å². The molecule has 0 spiro atoms. The van der Waals surface area contributed by atoms with Crippen LogP contribution in [0.3, 0.4) is 0 Å². The Hall–Kier alpha value is -1.69. The van der Waals surface area contributed by atoms with E-state index in [4.69, 9.17) is 0 Å². The Morgan fingerprint density at radius 2 is 1.91 bits per heavy atom. The fourth-order valence-electron chi connectivity index (χ4n) is 1.65. The molecule has 0 fully saturated rings. The first-order chi connectivity index (χ1) is 10.2. The Morgan fingerprint density at radius 3 is 2.50 bits per heavy atom. The van der Waals surface area contributed by atoms with Gasteiger partial charge in [-0.3, -0.25) is 13.8 Å². The second-order valence-corrected chi connectivity index (χ2v) is 8.22. The Labute approximate surface area is 134 Å². The van der Waals surface area contributed by atoms with Gasteiger partial charge in [-0.05, 0) is 39.0 Å². The number of hydrogen-bond acceptors (Lipinski definition) is 3. The highest BCUT2D eigenvalue weighted by Gasteiger charge is 2.19. The van der Waals surface area contributed by atoms with Crippen molar-refractivity contribution in [3.05, 3.63) is 29.8 Å². The van der Waals surface area contributed by atoms with Gasteiger partial charge in [-0.15, -0.1) is 0 Å². The topological polar surface area (TPSA) is 75.3 Å². The van der Waals surface area contributed by atoms with Gasteiger partial charge < -0.3 is 10.6 Å². The molecule has 1 aromatic rings. The van der Waals surface area contributed by atoms with Gasteiger partial charge in [0.25, 0.3) is 5.91 Å². The molecule has 22 heavy (non-hydrogen) atoms. The first kappa shape index (κ1) is 18.4. The monoisotopic (exact) mass is 324 g/mol. The summed E-state index contributed by atoms with van der Waals surface area (Å²) in [4.78, 5) is 23.4. The van der Waals surface area contributed by atoms with Crippen molar-refractivity contribution in [1.29, 1.82) is 0 Å². The quantitative estimate of drug-likeness (QED) is 0.843. The summed E-state index contributed by atoms with van der Waals surface area (Å²) in [6.45, 7) is 7.84. The number of anilines is 1. The minimum atomic E-state index is -0.995. The number of carbonyl (C=O) groups excluding carboxylic acids is 2. The normalized spacial score (nSPS) is 12.5. The Bertz CT molecular complexity index is 565. The third-order valence-electron chi connectivity index (χ3n) is 2.99. The fraction of sp³-hybridized carbons (Fsp3) is 0.500. The molecular weight excluding hydrogens is 300 g/mol. The summed E-state index contributed by atoms with van der Waals surface area (Å²) in [5.74, 6) is 0.0817. The van der Waals surface area contributed by atoms with Gasteiger partial charge in [0.05, 0.1) is 0 Å². The summed E-state index contributed by atoms with van der Waals surface area (Å²) in [6, 6.07) is 6.76. The van der Waals surface area contributed by atoms with Gasteiger partial charge in [0.15, 0.2) is 0 Å². The number of benzene rings is 1. The molecule has 0 aromatic heterocycles. The molecule has 1 unspecified atom stereocenters. The van der Waals surface area contributed by atoms with E-state index in [1.54, 1.807) is 31.2 Å². The Kier molecular flexibility index (Phi) is 6.74. The van der Waals surface area contributed by atoms with E-state index in [9.17, 15) is 13.8 Å². The highest BCUT2D eigenvalue weighted by molar-refractivity contribution is 7.86. The predicted octanol–water partition coefficient (Wildman–Crippen LogP) is 2.31. The minimum Gasteiger partial charge on any atom is -0.351 e. The van der Waals surface area contributed by atoms with Gasteiger partial charge in [-0.25, -0.2) is 0 Å². The van der Waals surface area contributed by atoms with Crippen LogP contribution in [0.1, 0.15) is 44.5 Å². The standard InChI is InChI=1S/C16H24N2O3S/c1-5-14(19)18-13-8-6-7-12(11-13)15(20)17-9-10-22(21)16(2,3)4/h6-8,11H,5,9-10H2,1-4H3,(H,17,20)(H,18,19). The highest BCUT2D eigenvalue weighted by Crippen LogP contribution is 2.12. The van der Waals surface area contributed by atoms with Crippen molar-refractivity contribution in [3.8, 4) is 0 Å². The summed E-state index contributed by atoms with van der Waals surface area (Å²) in [6.07, 6.45) is 0.384. The summed E-state index contributed by atoms with van der Waals surface area (Å²) in [7, 11) is -0.995. The molecule has 0 radical (unpaired) electrons. The molecule has 0 saturated heterocycles. The maximum Gasteiger partial charge on any atom is 0.251 e. The molecule has 0 heterocycles. The zero-order valence-corrected chi connectivity index (χ0v) is 14.4. The first-order valence-electron chi connectivity index (χ1n) is 7.30. The van der Waals surface area contributed by atoms with Crippen molar-refractivity contribution >= 4 is 28.3 Å². The van der Waals surface area contributed by atoms with Crippen molar-refractivity contribution < 1.29 is 13.8 Å². The number of rotatable bonds is 6. The molecule has 0 aliphatic heterocycles. The third-order valence-corrected chi connectivity index (χ3v) is 4.93. The van der Waals surface area contributed by atoms with Crippen LogP contribution in [0.2, 0.25) is 0 Å². The van der Waals surface area contributed by atoms with E-state index in [-0.39, 0.29) is 16.6 Å². The second-order valence-electron chi connectivity index (χ2n) is 5.90. The molecular formula is C16H24N2O3S. The first-order valence-corrected chi connectivity index (χ1v) is 8.62. The molecule has 122 valence electrons. The van der Waals surface area contributed by atoms with Crippen LogP contribution in [-0.4, -0.2) is 33.1 Å². The van der Waals surface area contributed by atoms with Gasteiger partial charge >= 0.3 is 0 Å². The molecule has 2 amide bonds. The van der Waals surface area contributed by atoms with E-state index in [2.05, 4.69) is 10.6 Å². The van der Waals surface area contributed by atoms with Gasteiger partial charge in [-0.2, -0.15) is 0 Å². The number of amides is 2. The van der Waals surface area contributed by atoms with Crippen LogP contribution < -0.4 is 10.6 Å². The second kappa shape index (κ2) is 8.08. The Balaban J connectivity index is 2.57. The third kappa shape index (κ3) is 5.97. The number of hydrogen-bond donors (Lipinski definition) is 2. The molecule has 2 N–H and O–H groups in total. The maximum absolute atomic E-state index is 12.1. The highest BCUT2D eigenvalue weighted by atomic mass is 32.2. The summed E-state index contributed by atoms with van der Waals surface area (Å²) < 4.78 is 11.6. The largest absolute Gasteiger partial charge is 0.351 e. The lowest BCUT2D eigenvalue weighted by Gasteiger charge is -2.17. The van der Waals surface area contributed by atoms with Crippen molar-refractivity contribution in [1.82, 2.24) is 5.32 Å². The Morgan fingerprint density at radius 1 is 1.23 bits per heavy atom. The fourth-order valence-corrected chi connectivity index (χ4v) is 2.55. The zero-order valence-electron chi connectivity index (χ0n) is 13.6. The summed E-state index contributed by atoms with van der Waals surface area (Å²) in [5, 5.41) is 5.47. The van der Waals surface area contributed by atoms with Crippen molar-refractivity contribution in [3.63, 3.8) is 0 Å². The summed E-state index contributed by atoms with van der Waals surface area (Å²) >= 11 is 0. The van der Waals surface area contributed by atoms with E-state index < -0.39 is 10.8 Å². The van der Waals surface area contributed by atoms with E-state index in [1.165, 1.54) is 0 Å². The van der Waals surface area contributed by atoms with Gasteiger partial charge in [0.1, 0.15) is 0 Å². The van der Waals surface area contributed by atoms with Crippen LogP contribution in [0.5, 0.6) is 0 Å². The molecule has 0 aliphatic carbocycles. The van der Waals surface area contributed by atoms with E-state index in [0.717, 1.165) is 0 Å². The molecule has 0 aliphatic rings. The van der Waals surface area contributed by atoms with E-state index in [1.807, 2.05) is 20.8 Å². The van der Waals surface area contributed by atoms with Crippen LogP contribution in [0, 0.1) is 0 Å². The minimum absolute atomic E-state index is 0.0990. The van der Waals surface area contributed by atoms with Crippen LogP contribution in [0.4, 0.5) is 5.69 Å². The molecule has 1 rings (SSSR count). The lowest BCUT2D eigenvalue weighted by atomic mass is 10.2. The van der Waals surface area contributed by atoms with E-state index >= 15 is 0 Å². The molecule has 0 saturated carbocycles. The van der Waals surface area contributed by atoms with Crippen LogP contribution >= 0.6 is 0 Å². The average Bonchev–Trinajstić information content (AvgIpc) is 2.46. The van der Waals surface area contributed by atoms with Crippen LogP contribution in [0.15, 0.2) is 24.3 Å². The van der Waals surface area contributed by atoms with Crippen LogP contribution in [0.25, 0.3) is 0 Å². The predicted molar refractivity (Wildman–Crippen MR) is 90.5 cm³/mol. The summed E-state index contributed by atoms with van der Waals surface area (Å²) in [5.41, 5.74) is 1.06. The molecule has 1 atom stereocenters. The van der Waals surface area contributed by atoms with Crippen LogP contribution in [-0.2, 0) is 15.6 Å². The molecule has 5 nitrogen and oxygen atoms in total. The van der Waals surface area contributed by atoms with Gasteiger partial charge in [0.2, 0.25) is 5.91 Å². The molecule has 1 aromatic carbocycles. The lowest BCUT2D eigenvalue weighted by molar-refractivity contribution is -0.115. The molecule has 6 heteroatoms. The van der Waals surface area contributed by atoms with Crippen molar-refractivity contribution in [2.75, 3.05) is 17.6 Å². The lowest BCUT2D eigenvalue weighted by Crippen LogP contribution is -2.32. The number of nitrogens with one attached hydrogen (secondary N) is 2. The van der Waals surface area contributed by atoms with Crippen molar-refractivity contribution in [2.24, 2.45) is 0 Å². The average molecular weight is 324 g/mol. The molecule has 0 bridgehead atoms. The van der Waals surface area contributed by atoms with Gasteiger partial charge in [-0.1, -0.05) is 13.0 Å². The SMILES string of the molecule is CCC(=O)Nc1cccc(C(=O)NCCS(=O)C(C)(C)C)c1.